The van der Waals surface area contributed by atoms with Crippen molar-refractivity contribution in [1.29, 1.82) is 0 Å². The second-order valence-corrected chi connectivity index (χ2v) is 9.83. The summed E-state index contributed by atoms with van der Waals surface area (Å²) >= 11 is 0. The highest BCUT2D eigenvalue weighted by molar-refractivity contribution is 7.88. The number of nitrogens with zero attached hydrogens (tertiary/aromatic N) is 3. The number of fused-ring (bicyclic) bond motifs is 1. The average Bonchev–Trinajstić information content (AvgIpc) is 3.18. The van der Waals surface area contributed by atoms with Crippen LogP contribution in [0.4, 0.5) is 0 Å². The fourth-order valence-electron chi connectivity index (χ4n) is 4.70. The van der Waals surface area contributed by atoms with Crippen LogP contribution in [0, 0.1) is 18.8 Å². The molecule has 1 aromatic heterocycles. The minimum atomic E-state index is -3.21. The molecule has 0 unspecified atom stereocenters. The molecule has 0 N–H and O–H groups in total. The highest BCUT2D eigenvalue weighted by atomic mass is 32.2. The monoisotopic (exact) mass is 385 g/mol. The van der Waals surface area contributed by atoms with Gasteiger partial charge >= 0.3 is 0 Å². The largest absolute Gasteiger partial charge is 0.302 e. The van der Waals surface area contributed by atoms with Gasteiger partial charge in [-0.3, -0.25) is 4.98 Å². The van der Waals surface area contributed by atoms with Gasteiger partial charge in [0.15, 0.2) is 0 Å². The van der Waals surface area contributed by atoms with Crippen LogP contribution in [0.3, 0.4) is 0 Å². The molecule has 0 radical (unpaired) electrons. The van der Waals surface area contributed by atoms with Crippen molar-refractivity contribution in [3.8, 4) is 0 Å². The molecule has 2 aromatic rings. The second kappa shape index (κ2) is 7.34. The van der Waals surface area contributed by atoms with Crippen LogP contribution in [0.15, 0.2) is 48.5 Å². The van der Waals surface area contributed by atoms with Crippen molar-refractivity contribution in [3.05, 3.63) is 65.5 Å². The predicted molar refractivity (Wildman–Crippen MR) is 107 cm³/mol. The first-order valence-corrected chi connectivity index (χ1v) is 11.4. The molecule has 4 rings (SSSR count). The molecular weight excluding hydrogens is 358 g/mol. The molecule has 1 aromatic carbocycles. The maximum Gasteiger partial charge on any atom is 0.211 e. The highest BCUT2D eigenvalue weighted by Crippen LogP contribution is 2.45. The van der Waals surface area contributed by atoms with Gasteiger partial charge in [-0.1, -0.05) is 36.4 Å². The summed E-state index contributed by atoms with van der Waals surface area (Å²) in [6.07, 6.45) is 2.28. The van der Waals surface area contributed by atoms with Gasteiger partial charge in [0.2, 0.25) is 10.0 Å². The Hall–Kier alpha value is -1.76. The Labute approximate surface area is 162 Å². The van der Waals surface area contributed by atoms with E-state index < -0.39 is 10.0 Å². The first-order chi connectivity index (χ1) is 12.9. The fourth-order valence-corrected chi connectivity index (χ4v) is 5.85. The molecule has 27 heavy (non-hydrogen) atoms. The van der Waals surface area contributed by atoms with Gasteiger partial charge in [-0.25, -0.2) is 8.42 Å². The van der Waals surface area contributed by atoms with Crippen LogP contribution in [-0.2, 0) is 16.4 Å². The minimum Gasteiger partial charge on any atom is -0.302 e. The molecule has 2 saturated heterocycles. The molecule has 5 nitrogen and oxygen atoms in total. The SMILES string of the molecule is Cc1cccc(CCN2C[C@@H]3CN(S(C)(=O)=O)[C@@H](c4ccccc4)[C@@H]3C2)n1. The van der Waals surface area contributed by atoms with Gasteiger partial charge in [0.05, 0.1) is 12.3 Å². The Morgan fingerprint density at radius 3 is 2.52 bits per heavy atom. The van der Waals surface area contributed by atoms with Crippen LogP contribution in [0.5, 0.6) is 0 Å². The Kier molecular flexibility index (Phi) is 5.05. The molecule has 2 aliphatic rings. The number of benzene rings is 1. The predicted octanol–water partition coefficient (Wildman–Crippen LogP) is 2.50. The normalized spacial score (nSPS) is 26.4. The smallest absolute Gasteiger partial charge is 0.211 e. The first-order valence-electron chi connectivity index (χ1n) is 9.58. The van der Waals surface area contributed by atoms with E-state index in [1.54, 1.807) is 4.31 Å². The number of pyridine rings is 1. The summed E-state index contributed by atoms with van der Waals surface area (Å²) in [7, 11) is -3.21. The quantitative estimate of drug-likeness (QED) is 0.794. The molecule has 6 heteroatoms. The summed E-state index contributed by atoms with van der Waals surface area (Å²) in [6.45, 7) is 5.54. The number of aryl methyl sites for hydroxylation is 1. The lowest BCUT2D eigenvalue weighted by molar-refractivity contribution is 0.268. The van der Waals surface area contributed by atoms with Crippen molar-refractivity contribution in [2.45, 2.75) is 19.4 Å². The molecule has 3 atom stereocenters. The standard InChI is InChI=1S/C21H27N3O2S/c1-16-7-6-10-19(22-16)11-12-23-13-18-14-24(27(2,25)26)21(20(18)15-23)17-8-4-3-5-9-17/h3-10,18,20-21H,11-15H2,1-2H3/t18-,20-,21+/m1/s1. The summed E-state index contributed by atoms with van der Waals surface area (Å²) in [5, 5.41) is 0. The fraction of sp³-hybridized carbons (Fsp3) is 0.476. The topological polar surface area (TPSA) is 53.5 Å². The van der Waals surface area contributed by atoms with Crippen molar-refractivity contribution in [3.63, 3.8) is 0 Å². The van der Waals surface area contributed by atoms with Gasteiger partial charge in [-0.15, -0.1) is 0 Å². The molecule has 0 aliphatic carbocycles. The summed E-state index contributed by atoms with van der Waals surface area (Å²) < 4.78 is 26.5. The van der Waals surface area contributed by atoms with Gasteiger partial charge in [0.1, 0.15) is 0 Å². The lowest BCUT2D eigenvalue weighted by Crippen LogP contribution is -2.35. The first kappa shape index (κ1) is 18.6. The Morgan fingerprint density at radius 2 is 1.81 bits per heavy atom. The van der Waals surface area contributed by atoms with Crippen LogP contribution < -0.4 is 0 Å². The molecular formula is C21H27N3O2S. The Bertz CT molecular complexity index is 901. The van der Waals surface area contributed by atoms with Crippen LogP contribution in [0.25, 0.3) is 0 Å². The summed E-state index contributed by atoms with van der Waals surface area (Å²) in [6, 6.07) is 16.2. The molecule has 0 bridgehead atoms. The van der Waals surface area contributed by atoms with Crippen LogP contribution in [-0.4, -0.2) is 55.0 Å². The van der Waals surface area contributed by atoms with E-state index in [2.05, 4.69) is 34.1 Å². The molecule has 2 aliphatic heterocycles. The Balaban J connectivity index is 1.49. The van der Waals surface area contributed by atoms with Crippen molar-refractivity contribution in [2.24, 2.45) is 11.8 Å². The van der Waals surface area contributed by atoms with E-state index in [9.17, 15) is 8.42 Å². The molecule has 2 fully saturated rings. The number of rotatable bonds is 5. The summed E-state index contributed by atoms with van der Waals surface area (Å²) in [4.78, 5) is 7.08. The van der Waals surface area contributed by atoms with E-state index in [1.807, 2.05) is 31.2 Å². The van der Waals surface area contributed by atoms with Gasteiger partial charge in [-0.05, 0) is 36.5 Å². The molecule has 0 spiro atoms. The third-order valence-corrected chi connectivity index (χ3v) is 7.12. The number of sulfonamides is 1. The second-order valence-electron chi connectivity index (χ2n) is 7.89. The van der Waals surface area contributed by atoms with Gasteiger partial charge < -0.3 is 4.90 Å². The number of hydrogen-bond donors (Lipinski definition) is 0. The van der Waals surface area contributed by atoms with Gasteiger partial charge in [0, 0.05) is 44.0 Å². The highest BCUT2D eigenvalue weighted by Gasteiger charge is 2.50. The number of aromatic nitrogens is 1. The zero-order valence-corrected chi connectivity index (χ0v) is 16.8. The van der Waals surface area contributed by atoms with Gasteiger partial charge in [-0.2, -0.15) is 4.31 Å². The Morgan fingerprint density at radius 1 is 1.04 bits per heavy atom. The zero-order chi connectivity index (χ0) is 19.0. The van der Waals surface area contributed by atoms with Gasteiger partial charge in [0.25, 0.3) is 0 Å². The van der Waals surface area contributed by atoms with Crippen molar-refractivity contribution >= 4 is 10.0 Å². The molecule has 3 heterocycles. The average molecular weight is 386 g/mol. The summed E-state index contributed by atoms with van der Waals surface area (Å²) in [5.74, 6) is 0.753. The van der Waals surface area contributed by atoms with E-state index in [0.717, 1.165) is 43.0 Å². The van der Waals surface area contributed by atoms with Crippen LogP contribution >= 0.6 is 0 Å². The maximum absolute atomic E-state index is 12.4. The van der Waals surface area contributed by atoms with E-state index in [1.165, 1.54) is 6.26 Å². The van der Waals surface area contributed by atoms with E-state index >= 15 is 0 Å². The number of likely N-dealkylation sites (tertiary alicyclic amines) is 1. The van der Waals surface area contributed by atoms with Crippen LogP contribution in [0.2, 0.25) is 0 Å². The lowest BCUT2D eigenvalue weighted by Gasteiger charge is -2.28. The van der Waals surface area contributed by atoms with E-state index in [-0.39, 0.29) is 6.04 Å². The molecule has 0 saturated carbocycles. The van der Waals surface area contributed by atoms with E-state index in [0.29, 0.717) is 18.4 Å². The van der Waals surface area contributed by atoms with Crippen molar-refractivity contribution in [2.75, 3.05) is 32.4 Å². The molecule has 144 valence electrons. The van der Waals surface area contributed by atoms with E-state index in [4.69, 9.17) is 0 Å². The zero-order valence-electron chi connectivity index (χ0n) is 16.0. The third-order valence-electron chi connectivity index (χ3n) is 5.89. The van der Waals surface area contributed by atoms with Crippen molar-refractivity contribution < 1.29 is 8.42 Å². The summed E-state index contributed by atoms with van der Waals surface area (Å²) in [5.41, 5.74) is 3.29. The van der Waals surface area contributed by atoms with Crippen LogP contribution in [0.1, 0.15) is 23.0 Å². The molecule has 0 amide bonds. The minimum absolute atomic E-state index is 0.0479. The van der Waals surface area contributed by atoms with Crippen molar-refractivity contribution in [1.82, 2.24) is 14.2 Å². The number of hydrogen-bond acceptors (Lipinski definition) is 4. The maximum atomic E-state index is 12.4. The lowest BCUT2D eigenvalue weighted by atomic mass is 9.90. The third kappa shape index (κ3) is 3.93.